The summed E-state index contributed by atoms with van der Waals surface area (Å²) in [7, 11) is 1.34. The average molecular weight is 337 g/mol. The molecule has 0 spiro atoms. The SMILES string of the molecule is CO[C@@H](CO)[C@@H](O)[C@H](C)C(=O)N1C(=O)OC[C@@H]1Cc1ccccc1. The highest BCUT2D eigenvalue weighted by Gasteiger charge is 2.42. The van der Waals surface area contributed by atoms with Crippen molar-refractivity contribution >= 4 is 12.0 Å². The van der Waals surface area contributed by atoms with Crippen LogP contribution in [0, 0.1) is 5.92 Å². The van der Waals surface area contributed by atoms with E-state index in [1.165, 1.54) is 14.0 Å². The summed E-state index contributed by atoms with van der Waals surface area (Å²) >= 11 is 0. The van der Waals surface area contributed by atoms with E-state index >= 15 is 0 Å². The van der Waals surface area contributed by atoms with Crippen molar-refractivity contribution in [3.63, 3.8) is 0 Å². The lowest BCUT2D eigenvalue weighted by Crippen LogP contribution is -2.49. The van der Waals surface area contributed by atoms with Gasteiger partial charge in [0.2, 0.25) is 5.91 Å². The summed E-state index contributed by atoms with van der Waals surface area (Å²) in [6.07, 6.45) is -2.35. The van der Waals surface area contributed by atoms with Gasteiger partial charge in [-0.25, -0.2) is 9.69 Å². The second kappa shape index (κ2) is 8.23. The molecule has 1 aliphatic heterocycles. The molecule has 1 aromatic rings. The molecule has 0 bridgehead atoms. The highest BCUT2D eigenvalue weighted by molar-refractivity contribution is 5.95. The molecule has 1 fully saturated rings. The van der Waals surface area contributed by atoms with Crippen LogP contribution in [0.3, 0.4) is 0 Å². The Kier molecular flexibility index (Phi) is 6.30. The van der Waals surface area contributed by atoms with E-state index in [1.807, 2.05) is 30.3 Å². The smallest absolute Gasteiger partial charge is 0.416 e. The van der Waals surface area contributed by atoms with Gasteiger partial charge >= 0.3 is 6.09 Å². The molecule has 0 aromatic heterocycles. The standard InChI is InChI=1S/C17H23NO6/c1-11(15(20)14(9-19)23-2)16(21)18-13(10-24-17(18)22)8-12-6-4-3-5-7-12/h3-7,11,13-15,19-20H,8-10H2,1-2H3/t11-,13-,14-,15-/m0/s1. The summed E-state index contributed by atoms with van der Waals surface area (Å²) in [4.78, 5) is 25.7. The minimum atomic E-state index is -1.22. The van der Waals surface area contributed by atoms with E-state index in [0.717, 1.165) is 10.5 Å². The molecule has 0 unspecified atom stereocenters. The van der Waals surface area contributed by atoms with Crippen molar-refractivity contribution < 1.29 is 29.3 Å². The van der Waals surface area contributed by atoms with E-state index in [2.05, 4.69) is 0 Å². The number of aliphatic hydroxyl groups excluding tert-OH is 2. The average Bonchev–Trinajstić information content (AvgIpc) is 2.95. The van der Waals surface area contributed by atoms with Crippen molar-refractivity contribution in [1.82, 2.24) is 4.90 Å². The van der Waals surface area contributed by atoms with Crippen molar-refractivity contribution in [2.24, 2.45) is 5.92 Å². The molecule has 132 valence electrons. The maximum absolute atomic E-state index is 12.7. The number of imide groups is 1. The predicted octanol–water partition coefficient (Wildman–Crippen LogP) is 0.581. The van der Waals surface area contributed by atoms with Gasteiger partial charge in [-0.1, -0.05) is 37.3 Å². The zero-order valence-electron chi connectivity index (χ0n) is 13.8. The number of cyclic esters (lactones) is 1. The first kappa shape index (κ1) is 18.4. The third-order valence-corrected chi connectivity index (χ3v) is 4.28. The van der Waals surface area contributed by atoms with E-state index in [9.17, 15) is 19.8 Å². The Morgan fingerprint density at radius 3 is 2.67 bits per heavy atom. The number of methoxy groups -OCH3 is 1. The van der Waals surface area contributed by atoms with Crippen molar-refractivity contribution in [2.75, 3.05) is 20.3 Å². The predicted molar refractivity (Wildman–Crippen MR) is 85.2 cm³/mol. The van der Waals surface area contributed by atoms with Crippen LogP contribution in [0.4, 0.5) is 4.79 Å². The number of nitrogens with zero attached hydrogens (tertiary/aromatic N) is 1. The summed E-state index contributed by atoms with van der Waals surface area (Å²) in [5.41, 5.74) is 0.983. The van der Waals surface area contributed by atoms with E-state index in [4.69, 9.17) is 9.47 Å². The van der Waals surface area contributed by atoms with Crippen molar-refractivity contribution in [3.8, 4) is 0 Å². The second-order valence-corrected chi connectivity index (χ2v) is 5.86. The molecule has 1 heterocycles. The molecule has 24 heavy (non-hydrogen) atoms. The van der Waals surface area contributed by atoms with Gasteiger partial charge in [0, 0.05) is 7.11 Å². The van der Waals surface area contributed by atoms with Crippen LogP contribution in [0.2, 0.25) is 0 Å². The number of hydrogen-bond donors (Lipinski definition) is 2. The van der Waals surface area contributed by atoms with Gasteiger partial charge < -0.3 is 19.7 Å². The van der Waals surface area contributed by atoms with Crippen LogP contribution in [-0.2, 0) is 20.7 Å². The van der Waals surface area contributed by atoms with Gasteiger partial charge in [-0.2, -0.15) is 0 Å². The highest BCUT2D eigenvalue weighted by Crippen LogP contribution is 2.22. The fourth-order valence-corrected chi connectivity index (χ4v) is 2.78. The maximum Gasteiger partial charge on any atom is 0.416 e. The molecule has 7 nitrogen and oxygen atoms in total. The lowest BCUT2D eigenvalue weighted by molar-refractivity contribution is -0.141. The molecule has 0 aliphatic carbocycles. The summed E-state index contributed by atoms with van der Waals surface area (Å²) in [6, 6.07) is 9.07. The Hall–Kier alpha value is -1.96. The monoisotopic (exact) mass is 337 g/mol. The van der Waals surface area contributed by atoms with Crippen molar-refractivity contribution in [2.45, 2.75) is 31.6 Å². The molecule has 0 radical (unpaired) electrons. The number of hydrogen-bond acceptors (Lipinski definition) is 6. The topological polar surface area (TPSA) is 96.3 Å². The van der Waals surface area contributed by atoms with E-state index in [1.54, 1.807) is 0 Å². The summed E-state index contributed by atoms with van der Waals surface area (Å²) in [6.45, 7) is 1.20. The van der Waals surface area contributed by atoms with Crippen LogP contribution in [0.15, 0.2) is 30.3 Å². The minimum absolute atomic E-state index is 0.121. The molecular formula is C17H23NO6. The maximum atomic E-state index is 12.7. The van der Waals surface area contributed by atoms with E-state index in [-0.39, 0.29) is 6.61 Å². The third kappa shape index (κ3) is 3.92. The number of amides is 2. The summed E-state index contributed by atoms with van der Waals surface area (Å²) in [5, 5.41) is 19.4. The van der Waals surface area contributed by atoms with Crippen LogP contribution in [0.25, 0.3) is 0 Å². The first-order valence-corrected chi connectivity index (χ1v) is 7.85. The van der Waals surface area contributed by atoms with Gasteiger partial charge in [0.15, 0.2) is 0 Å². The number of rotatable bonds is 7. The molecular weight excluding hydrogens is 314 g/mol. The quantitative estimate of drug-likeness (QED) is 0.756. The number of carbonyl (C=O) groups excluding carboxylic acids is 2. The molecule has 7 heteroatoms. The van der Waals surface area contributed by atoms with Crippen LogP contribution in [0.1, 0.15) is 12.5 Å². The first-order valence-electron chi connectivity index (χ1n) is 7.85. The fourth-order valence-electron chi connectivity index (χ4n) is 2.78. The zero-order valence-corrected chi connectivity index (χ0v) is 13.8. The molecule has 0 saturated carbocycles. The number of carbonyl (C=O) groups is 2. The van der Waals surface area contributed by atoms with Crippen LogP contribution in [0.5, 0.6) is 0 Å². The summed E-state index contributed by atoms with van der Waals surface area (Å²) < 4.78 is 9.98. The normalized spacial score (nSPS) is 21.2. The minimum Gasteiger partial charge on any atom is -0.447 e. The van der Waals surface area contributed by atoms with Gasteiger partial charge in [-0.05, 0) is 12.0 Å². The first-order chi connectivity index (χ1) is 11.5. The second-order valence-electron chi connectivity index (χ2n) is 5.86. The zero-order chi connectivity index (χ0) is 17.7. The molecule has 4 atom stereocenters. The third-order valence-electron chi connectivity index (χ3n) is 4.28. The number of benzene rings is 1. The Balaban J connectivity index is 2.11. The molecule has 1 aliphatic rings. The van der Waals surface area contributed by atoms with Crippen LogP contribution in [-0.4, -0.2) is 65.7 Å². The lowest BCUT2D eigenvalue weighted by Gasteiger charge is -2.28. The highest BCUT2D eigenvalue weighted by atomic mass is 16.6. The molecule has 1 aromatic carbocycles. The van der Waals surface area contributed by atoms with Crippen molar-refractivity contribution in [3.05, 3.63) is 35.9 Å². The Morgan fingerprint density at radius 1 is 1.42 bits per heavy atom. The lowest BCUT2D eigenvalue weighted by atomic mass is 9.97. The van der Waals surface area contributed by atoms with Crippen LogP contribution < -0.4 is 0 Å². The molecule has 1 saturated heterocycles. The van der Waals surface area contributed by atoms with Gasteiger partial charge in [0.25, 0.3) is 0 Å². The van der Waals surface area contributed by atoms with E-state index in [0.29, 0.717) is 6.42 Å². The Bertz CT molecular complexity index is 559. The van der Waals surface area contributed by atoms with E-state index < -0.39 is 42.8 Å². The van der Waals surface area contributed by atoms with Crippen LogP contribution >= 0.6 is 0 Å². The Morgan fingerprint density at radius 2 is 2.08 bits per heavy atom. The molecule has 2 amide bonds. The van der Waals surface area contributed by atoms with Gasteiger partial charge in [0.1, 0.15) is 12.7 Å². The Labute approximate surface area is 140 Å². The largest absolute Gasteiger partial charge is 0.447 e. The van der Waals surface area contributed by atoms with Gasteiger partial charge in [-0.3, -0.25) is 4.79 Å². The number of aliphatic hydroxyl groups is 2. The molecule has 2 rings (SSSR count). The van der Waals surface area contributed by atoms with Crippen molar-refractivity contribution in [1.29, 1.82) is 0 Å². The fraction of sp³-hybridized carbons (Fsp3) is 0.529. The van der Waals surface area contributed by atoms with Gasteiger partial charge in [0.05, 0.1) is 24.7 Å². The van der Waals surface area contributed by atoms with Gasteiger partial charge in [-0.15, -0.1) is 0 Å². The number of ether oxygens (including phenoxy) is 2. The summed E-state index contributed by atoms with van der Waals surface area (Å²) in [5.74, 6) is -1.45. The molecule has 2 N–H and O–H groups in total.